The van der Waals surface area contributed by atoms with Gasteiger partial charge in [-0.2, -0.15) is 0 Å². The van der Waals surface area contributed by atoms with Crippen molar-refractivity contribution in [1.29, 1.82) is 0 Å². The lowest BCUT2D eigenvalue weighted by molar-refractivity contribution is -0.359. The molecule has 2 saturated heterocycles. The minimum Gasteiger partial charge on any atom is -0.394 e. The van der Waals surface area contributed by atoms with E-state index in [4.69, 9.17) is 18.9 Å². The van der Waals surface area contributed by atoms with Crippen molar-refractivity contribution in [2.24, 2.45) is 0 Å². The second-order valence-corrected chi connectivity index (χ2v) is 23.9. The second-order valence-electron chi connectivity index (χ2n) is 23.9. The van der Waals surface area contributed by atoms with Crippen LogP contribution >= 0.6 is 0 Å². The van der Waals surface area contributed by atoms with Crippen LogP contribution in [-0.4, -0.2) is 140 Å². The molecule has 14 heteroatoms. The predicted molar refractivity (Wildman–Crippen MR) is 337 cm³/mol. The number of hydrogen-bond acceptors (Lipinski definition) is 13. The summed E-state index contributed by atoms with van der Waals surface area (Å²) < 4.78 is 22.7. The zero-order valence-corrected chi connectivity index (χ0v) is 52.4. The van der Waals surface area contributed by atoms with E-state index in [1.807, 2.05) is 6.08 Å². The largest absolute Gasteiger partial charge is 0.394 e. The highest BCUT2D eigenvalue weighted by Crippen LogP contribution is 2.30. The fourth-order valence-electron chi connectivity index (χ4n) is 10.9. The normalized spacial score (nSPS) is 24.2. The summed E-state index contributed by atoms with van der Waals surface area (Å²) in [5.41, 5.74) is 0. The summed E-state index contributed by atoms with van der Waals surface area (Å²) in [5, 5.41) is 87.0. The maximum Gasteiger partial charge on any atom is 0.220 e. The standard InChI is InChI=1S/C69H125NO13/c1-3-5-7-9-11-13-15-17-18-19-20-21-22-23-24-25-26-27-28-29-30-31-32-33-34-35-36-37-38-39-40-41-43-45-47-49-51-53-61(74)70-57(58(73)52-50-48-46-44-42-16-14-12-10-8-6-4-2)56-80-68-66(79)64(77)67(60(55-72)82-68)83-69-65(78)63(76)62(75)59(54-71)81-69/h10,12,15,17,19-20,42,44,50,52,57-60,62-69,71-73,75-79H,3-9,11,13-14,16,18,21-41,43,45-49,51,53-56H2,1-2H3,(H,70,74)/b12-10+,17-15-,20-19-,44-42+,52-50+. The Balaban J connectivity index is 1.57. The third-order valence-corrected chi connectivity index (χ3v) is 16.4. The summed E-state index contributed by atoms with van der Waals surface area (Å²) in [4.78, 5) is 13.3. The highest BCUT2D eigenvalue weighted by Gasteiger charge is 2.51. The number of carbonyl (C=O) groups is 1. The van der Waals surface area contributed by atoms with Crippen molar-refractivity contribution in [3.8, 4) is 0 Å². The molecule has 0 aromatic carbocycles. The van der Waals surface area contributed by atoms with Crippen LogP contribution in [0, 0.1) is 0 Å². The van der Waals surface area contributed by atoms with Crippen molar-refractivity contribution in [2.45, 2.75) is 351 Å². The molecule has 0 spiro atoms. The highest BCUT2D eigenvalue weighted by molar-refractivity contribution is 5.76. The van der Waals surface area contributed by atoms with Crippen molar-refractivity contribution < 1.29 is 64.6 Å². The van der Waals surface area contributed by atoms with E-state index in [0.29, 0.717) is 12.8 Å². The van der Waals surface area contributed by atoms with E-state index < -0.39 is 86.8 Å². The first-order chi connectivity index (χ1) is 40.6. The molecule has 9 N–H and O–H groups in total. The van der Waals surface area contributed by atoms with E-state index in [0.717, 1.165) is 51.4 Å². The molecule has 12 unspecified atom stereocenters. The van der Waals surface area contributed by atoms with Crippen LogP contribution in [-0.2, 0) is 23.7 Å². The molecular weight excluding hydrogens is 1050 g/mol. The first-order valence-electron chi connectivity index (χ1n) is 34.0. The molecule has 12 atom stereocenters. The molecule has 0 saturated carbocycles. The van der Waals surface area contributed by atoms with E-state index in [9.17, 15) is 45.6 Å². The van der Waals surface area contributed by atoms with Crippen LogP contribution in [0.4, 0.5) is 0 Å². The lowest BCUT2D eigenvalue weighted by Gasteiger charge is -2.46. The second kappa shape index (κ2) is 53.9. The number of ether oxygens (including phenoxy) is 4. The lowest BCUT2D eigenvalue weighted by Crippen LogP contribution is -2.65. The maximum absolute atomic E-state index is 13.3. The predicted octanol–water partition coefficient (Wildman–Crippen LogP) is 13.3. The van der Waals surface area contributed by atoms with Crippen molar-refractivity contribution in [3.63, 3.8) is 0 Å². The van der Waals surface area contributed by atoms with Crippen LogP contribution in [0.3, 0.4) is 0 Å². The maximum atomic E-state index is 13.3. The van der Waals surface area contributed by atoms with Gasteiger partial charge in [0.15, 0.2) is 12.6 Å². The number of allylic oxidation sites excluding steroid dienone is 9. The molecule has 0 bridgehead atoms. The van der Waals surface area contributed by atoms with Crippen LogP contribution in [0.2, 0.25) is 0 Å². The Bertz CT molecular complexity index is 1620. The summed E-state index contributed by atoms with van der Waals surface area (Å²) in [6, 6.07) is -0.937. The molecule has 2 heterocycles. The van der Waals surface area contributed by atoms with Crippen LogP contribution < -0.4 is 5.32 Å². The van der Waals surface area contributed by atoms with Gasteiger partial charge >= 0.3 is 0 Å². The molecule has 2 aliphatic rings. The highest BCUT2D eigenvalue weighted by atomic mass is 16.7. The van der Waals surface area contributed by atoms with E-state index in [1.54, 1.807) is 6.08 Å². The minimum atomic E-state index is -1.79. The Kier molecular flexibility index (Phi) is 49.9. The Hall–Kier alpha value is -2.31. The summed E-state index contributed by atoms with van der Waals surface area (Å²) in [5.74, 6) is -0.252. The van der Waals surface area contributed by atoms with Gasteiger partial charge < -0.3 is 65.1 Å². The van der Waals surface area contributed by atoms with Crippen molar-refractivity contribution in [3.05, 3.63) is 60.8 Å². The average molecular weight is 1180 g/mol. The van der Waals surface area contributed by atoms with Crippen LogP contribution in [0.25, 0.3) is 0 Å². The van der Waals surface area contributed by atoms with E-state index >= 15 is 0 Å². The van der Waals surface area contributed by atoms with Crippen LogP contribution in [0.1, 0.15) is 277 Å². The van der Waals surface area contributed by atoms with Gasteiger partial charge in [0.1, 0.15) is 48.8 Å². The zero-order valence-electron chi connectivity index (χ0n) is 52.4. The first-order valence-corrected chi connectivity index (χ1v) is 34.0. The molecule has 1 amide bonds. The molecule has 0 aliphatic carbocycles. The fraction of sp³-hybridized carbons (Fsp3) is 0.841. The van der Waals surface area contributed by atoms with Gasteiger partial charge in [0, 0.05) is 6.42 Å². The topological polar surface area (TPSA) is 228 Å². The Morgan fingerprint density at radius 1 is 0.434 bits per heavy atom. The number of unbranched alkanes of at least 4 members (excludes halogenated alkanes) is 34. The van der Waals surface area contributed by atoms with Crippen molar-refractivity contribution >= 4 is 5.91 Å². The molecule has 0 aromatic heterocycles. The van der Waals surface area contributed by atoms with Crippen molar-refractivity contribution in [2.75, 3.05) is 19.8 Å². The van der Waals surface area contributed by atoms with Gasteiger partial charge in [-0.15, -0.1) is 0 Å². The number of rotatable bonds is 55. The number of hydrogen-bond donors (Lipinski definition) is 9. The van der Waals surface area contributed by atoms with Gasteiger partial charge in [-0.3, -0.25) is 4.79 Å². The van der Waals surface area contributed by atoms with E-state index in [-0.39, 0.29) is 18.9 Å². The molecule has 2 aliphatic heterocycles. The van der Waals surface area contributed by atoms with E-state index in [1.165, 1.54) is 193 Å². The smallest absolute Gasteiger partial charge is 0.220 e. The quantitative estimate of drug-likeness (QED) is 0.0204. The Morgan fingerprint density at radius 2 is 0.819 bits per heavy atom. The first kappa shape index (κ1) is 76.8. The molecule has 484 valence electrons. The SMILES string of the molecule is CCCC/C=C/CC/C=C/CC/C=C/C(O)C(COC1OC(CO)C(OC2OC(CO)C(O)C(O)C2O)C(O)C1O)NC(=O)CCCCCCCCCCCCCCCCCCCCCCCCCCC/C=C\C/C=C\CCCCCCC. The molecule has 0 aromatic rings. The van der Waals surface area contributed by atoms with E-state index in [2.05, 4.69) is 67.8 Å². The van der Waals surface area contributed by atoms with Gasteiger partial charge in [-0.05, 0) is 70.6 Å². The minimum absolute atomic E-state index is 0.252. The summed E-state index contributed by atoms with van der Waals surface area (Å²) in [7, 11) is 0. The molecule has 0 radical (unpaired) electrons. The zero-order chi connectivity index (χ0) is 60.2. The summed E-state index contributed by atoms with van der Waals surface area (Å²) in [6.45, 7) is 2.72. The average Bonchev–Trinajstić information content (AvgIpc) is 3.58. The van der Waals surface area contributed by atoms with Crippen LogP contribution in [0.5, 0.6) is 0 Å². The lowest BCUT2D eigenvalue weighted by atomic mass is 9.97. The molecule has 2 fully saturated rings. The van der Waals surface area contributed by atoms with Crippen LogP contribution in [0.15, 0.2) is 60.8 Å². The number of nitrogens with one attached hydrogen (secondary N) is 1. The van der Waals surface area contributed by atoms with Gasteiger partial charge in [-0.25, -0.2) is 0 Å². The number of carbonyl (C=O) groups excluding carboxylic acids is 1. The van der Waals surface area contributed by atoms with Crippen molar-refractivity contribution in [1.82, 2.24) is 5.32 Å². The molecule has 83 heavy (non-hydrogen) atoms. The third kappa shape index (κ3) is 38.6. The van der Waals surface area contributed by atoms with Gasteiger partial charge in [0.25, 0.3) is 0 Å². The monoisotopic (exact) mass is 1180 g/mol. The Morgan fingerprint density at radius 3 is 1.29 bits per heavy atom. The van der Waals surface area contributed by atoms with Gasteiger partial charge in [0.05, 0.1) is 32.0 Å². The molecular formula is C69H125NO13. The number of amides is 1. The Labute approximate surface area is 505 Å². The van der Waals surface area contributed by atoms with Gasteiger partial charge in [-0.1, -0.05) is 261 Å². The summed E-state index contributed by atoms with van der Waals surface area (Å²) in [6.07, 6.45) is 54.6. The number of aliphatic hydroxyl groups is 8. The molecule has 2 rings (SSSR count). The third-order valence-electron chi connectivity index (χ3n) is 16.4. The number of aliphatic hydroxyl groups excluding tert-OH is 8. The summed E-state index contributed by atoms with van der Waals surface area (Å²) >= 11 is 0. The molecule has 14 nitrogen and oxygen atoms in total. The fourth-order valence-corrected chi connectivity index (χ4v) is 10.9. The van der Waals surface area contributed by atoms with Gasteiger partial charge in [0.2, 0.25) is 5.91 Å².